The quantitative estimate of drug-likeness (QED) is 0.738. The van der Waals surface area contributed by atoms with Gasteiger partial charge in [-0.2, -0.15) is 0 Å². The zero-order chi connectivity index (χ0) is 14.5. The van der Waals surface area contributed by atoms with Gasteiger partial charge in [-0.15, -0.1) is 0 Å². The Kier molecular flexibility index (Phi) is 5.36. The van der Waals surface area contributed by atoms with Crippen LogP contribution >= 0.6 is 0 Å². The summed E-state index contributed by atoms with van der Waals surface area (Å²) in [6.45, 7) is 6.41. The molecule has 0 aliphatic carbocycles. The Balaban J connectivity index is 2.74. The van der Waals surface area contributed by atoms with Gasteiger partial charge in [0.2, 0.25) is 5.91 Å². The fraction of sp³-hybridized carbons (Fsp3) is 0.533. The van der Waals surface area contributed by atoms with Crippen molar-refractivity contribution in [3.05, 3.63) is 29.8 Å². The number of carbonyl (C=O) groups excluding carboxylic acids is 1. The molecule has 0 aliphatic rings. The van der Waals surface area contributed by atoms with Crippen LogP contribution in [0.15, 0.2) is 24.3 Å². The largest absolute Gasteiger partial charge is 0.508 e. The molecule has 4 heteroatoms. The number of hydrogen-bond donors (Lipinski definition) is 3. The van der Waals surface area contributed by atoms with Gasteiger partial charge in [-0.1, -0.05) is 25.1 Å². The van der Waals surface area contributed by atoms with Crippen LogP contribution in [0.25, 0.3) is 0 Å². The second kappa shape index (κ2) is 6.57. The number of benzene rings is 1. The average molecular weight is 264 g/mol. The van der Waals surface area contributed by atoms with E-state index >= 15 is 0 Å². The van der Waals surface area contributed by atoms with Gasteiger partial charge in [0.15, 0.2) is 0 Å². The van der Waals surface area contributed by atoms with Gasteiger partial charge in [-0.25, -0.2) is 0 Å². The third-order valence-corrected chi connectivity index (χ3v) is 3.35. The van der Waals surface area contributed by atoms with Gasteiger partial charge in [-0.05, 0) is 26.3 Å². The molecular formula is C15H24N2O2. The number of amides is 1. The lowest BCUT2D eigenvalue weighted by atomic mass is 9.91. The molecular weight excluding hydrogens is 240 g/mol. The van der Waals surface area contributed by atoms with Crippen molar-refractivity contribution in [3.8, 4) is 5.75 Å². The Labute approximate surface area is 115 Å². The van der Waals surface area contributed by atoms with E-state index in [-0.39, 0.29) is 11.9 Å². The number of aromatic hydroxyl groups is 1. The summed E-state index contributed by atoms with van der Waals surface area (Å²) in [7, 11) is 1.64. The number of phenolic OH excluding ortho intramolecular Hbond substituents is 1. The smallest absolute Gasteiger partial charge is 0.226 e. The van der Waals surface area contributed by atoms with Crippen molar-refractivity contribution < 1.29 is 9.90 Å². The number of para-hydroxylation sites is 1. The fourth-order valence-electron chi connectivity index (χ4n) is 2.05. The maximum Gasteiger partial charge on any atom is 0.226 e. The lowest BCUT2D eigenvalue weighted by molar-refractivity contribution is -0.128. The van der Waals surface area contributed by atoms with E-state index in [9.17, 15) is 9.90 Å². The molecule has 0 radical (unpaired) electrons. The van der Waals surface area contributed by atoms with Gasteiger partial charge < -0.3 is 15.7 Å². The minimum atomic E-state index is -0.480. The highest BCUT2D eigenvalue weighted by atomic mass is 16.3. The number of carbonyl (C=O) groups is 1. The van der Waals surface area contributed by atoms with Gasteiger partial charge in [0, 0.05) is 25.2 Å². The van der Waals surface area contributed by atoms with E-state index in [0.717, 1.165) is 12.0 Å². The van der Waals surface area contributed by atoms with Gasteiger partial charge in [0.25, 0.3) is 0 Å². The van der Waals surface area contributed by atoms with E-state index in [0.29, 0.717) is 12.3 Å². The summed E-state index contributed by atoms with van der Waals surface area (Å²) >= 11 is 0. The van der Waals surface area contributed by atoms with Crippen molar-refractivity contribution in [3.63, 3.8) is 0 Å². The SMILES string of the molecule is CCC(NCC(C)(C)C(=O)NC)c1ccccc1O. The Morgan fingerprint density at radius 2 is 2.00 bits per heavy atom. The highest BCUT2D eigenvalue weighted by Gasteiger charge is 2.27. The Bertz CT molecular complexity index is 430. The predicted molar refractivity (Wildman–Crippen MR) is 77.0 cm³/mol. The van der Waals surface area contributed by atoms with Crippen LogP contribution in [0.3, 0.4) is 0 Å². The van der Waals surface area contributed by atoms with Crippen molar-refractivity contribution in [2.45, 2.75) is 33.2 Å². The molecule has 1 amide bonds. The number of nitrogens with one attached hydrogen (secondary N) is 2. The second-order valence-electron chi connectivity index (χ2n) is 5.36. The third kappa shape index (κ3) is 3.96. The maximum atomic E-state index is 11.7. The molecule has 0 fully saturated rings. The fourth-order valence-corrected chi connectivity index (χ4v) is 2.05. The second-order valence-corrected chi connectivity index (χ2v) is 5.36. The van der Waals surface area contributed by atoms with Crippen molar-refractivity contribution >= 4 is 5.91 Å². The zero-order valence-corrected chi connectivity index (χ0v) is 12.2. The first kappa shape index (κ1) is 15.5. The lowest BCUT2D eigenvalue weighted by Crippen LogP contribution is -2.42. The highest BCUT2D eigenvalue weighted by Crippen LogP contribution is 2.26. The number of rotatable bonds is 6. The van der Waals surface area contributed by atoms with E-state index < -0.39 is 5.41 Å². The maximum absolute atomic E-state index is 11.7. The Hall–Kier alpha value is -1.55. The summed E-state index contributed by atoms with van der Waals surface area (Å²) < 4.78 is 0. The van der Waals surface area contributed by atoms with Crippen molar-refractivity contribution in [1.29, 1.82) is 0 Å². The molecule has 0 saturated carbocycles. The molecule has 0 aromatic heterocycles. The predicted octanol–water partition coefficient (Wildman–Crippen LogP) is 2.21. The van der Waals surface area contributed by atoms with Crippen molar-refractivity contribution in [2.24, 2.45) is 5.41 Å². The molecule has 0 spiro atoms. The Morgan fingerprint density at radius 1 is 1.37 bits per heavy atom. The van der Waals surface area contributed by atoms with E-state index in [1.807, 2.05) is 26.0 Å². The highest BCUT2D eigenvalue weighted by molar-refractivity contribution is 5.81. The molecule has 1 rings (SSSR count). The molecule has 19 heavy (non-hydrogen) atoms. The molecule has 0 heterocycles. The van der Waals surface area contributed by atoms with Crippen LogP contribution < -0.4 is 10.6 Å². The van der Waals surface area contributed by atoms with Crippen molar-refractivity contribution in [2.75, 3.05) is 13.6 Å². The zero-order valence-electron chi connectivity index (χ0n) is 12.2. The van der Waals surface area contributed by atoms with Crippen molar-refractivity contribution in [1.82, 2.24) is 10.6 Å². The molecule has 106 valence electrons. The lowest BCUT2D eigenvalue weighted by Gasteiger charge is -2.27. The minimum Gasteiger partial charge on any atom is -0.508 e. The standard InChI is InChI=1S/C15H24N2O2/c1-5-12(11-8-6-7-9-13(11)18)17-10-15(2,3)14(19)16-4/h6-9,12,17-18H,5,10H2,1-4H3,(H,16,19). The third-order valence-electron chi connectivity index (χ3n) is 3.35. The van der Waals surface area contributed by atoms with Crippen LogP contribution in [0.2, 0.25) is 0 Å². The summed E-state index contributed by atoms with van der Waals surface area (Å²) in [5, 5.41) is 15.9. The van der Waals surface area contributed by atoms with Crippen LogP contribution in [-0.4, -0.2) is 24.6 Å². The van der Waals surface area contributed by atoms with Gasteiger partial charge in [0.1, 0.15) is 5.75 Å². The van der Waals surface area contributed by atoms with Crippen LogP contribution in [0.5, 0.6) is 5.75 Å². The van der Waals surface area contributed by atoms with Gasteiger partial charge in [0.05, 0.1) is 5.41 Å². The summed E-state index contributed by atoms with van der Waals surface area (Å²) in [5.41, 5.74) is 0.393. The molecule has 3 N–H and O–H groups in total. The summed E-state index contributed by atoms with van der Waals surface area (Å²) in [6, 6.07) is 7.35. The summed E-state index contributed by atoms with van der Waals surface area (Å²) in [6.07, 6.45) is 0.849. The first-order chi connectivity index (χ1) is 8.92. The molecule has 0 bridgehead atoms. The van der Waals surface area contributed by atoms with Crippen LogP contribution in [-0.2, 0) is 4.79 Å². The number of hydrogen-bond acceptors (Lipinski definition) is 3. The normalized spacial score (nSPS) is 13.1. The molecule has 1 aromatic rings. The van der Waals surface area contributed by atoms with Crippen LogP contribution in [0, 0.1) is 5.41 Å². The Morgan fingerprint density at radius 3 is 2.53 bits per heavy atom. The van der Waals surface area contributed by atoms with E-state index in [2.05, 4.69) is 17.6 Å². The molecule has 1 aromatic carbocycles. The van der Waals surface area contributed by atoms with E-state index in [1.165, 1.54) is 0 Å². The molecule has 0 saturated heterocycles. The minimum absolute atomic E-state index is 0.00661. The summed E-state index contributed by atoms with van der Waals surface area (Å²) in [4.78, 5) is 11.7. The van der Waals surface area contributed by atoms with Crippen LogP contribution in [0.4, 0.5) is 0 Å². The van der Waals surface area contributed by atoms with E-state index in [4.69, 9.17) is 0 Å². The first-order valence-electron chi connectivity index (χ1n) is 6.65. The number of phenols is 1. The van der Waals surface area contributed by atoms with Gasteiger partial charge >= 0.3 is 0 Å². The summed E-state index contributed by atoms with van der Waals surface area (Å²) in [5.74, 6) is 0.298. The van der Waals surface area contributed by atoms with E-state index in [1.54, 1.807) is 19.2 Å². The topological polar surface area (TPSA) is 61.4 Å². The molecule has 1 unspecified atom stereocenters. The molecule has 0 aliphatic heterocycles. The molecule has 1 atom stereocenters. The monoisotopic (exact) mass is 264 g/mol. The average Bonchev–Trinajstić information content (AvgIpc) is 2.40. The first-order valence-corrected chi connectivity index (χ1v) is 6.65. The molecule has 4 nitrogen and oxygen atoms in total. The van der Waals surface area contributed by atoms with Gasteiger partial charge in [-0.3, -0.25) is 4.79 Å². The van der Waals surface area contributed by atoms with Crippen LogP contribution in [0.1, 0.15) is 38.8 Å².